The Labute approximate surface area is 169 Å². The molecule has 2 amide bonds. The molecule has 0 radical (unpaired) electrons. The fraction of sp³-hybridized carbons (Fsp3) is 0.364. The highest BCUT2D eigenvalue weighted by molar-refractivity contribution is 6.09. The first-order chi connectivity index (χ1) is 13.9. The summed E-state index contributed by atoms with van der Waals surface area (Å²) in [6.45, 7) is 3.10. The van der Waals surface area contributed by atoms with Crippen molar-refractivity contribution < 1.29 is 23.5 Å². The number of halogens is 1. The van der Waals surface area contributed by atoms with Crippen LogP contribution in [0.25, 0.3) is 0 Å². The standard InChI is InChI=1S/C22H25FN2O4/c1-14-7-8-17(23)15(11-14)21(26)24-18-13-20(29-3)19(28-2)12-16(18)22(27)25-9-5-4-6-10-25/h7-8,11-13H,4-6,9-10H2,1-3H3,(H,24,26). The first kappa shape index (κ1) is 20.6. The van der Waals surface area contributed by atoms with Crippen LogP contribution in [-0.4, -0.2) is 44.0 Å². The third-order valence-electron chi connectivity index (χ3n) is 5.01. The number of carbonyl (C=O) groups excluding carboxylic acids is 2. The largest absolute Gasteiger partial charge is 0.493 e. The van der Waals surface area contributed by atoms with Crippen molar-refractivity contribution in [3.05, 3.63) is 52.8 Å². The minimum Gasteiger partial charge on any atom is -0.493 e. The number of carbonyl (C=O) groups is 2. The van der Waals surface area contributed by atoms with Gasteiger partial charge >= 0.3 is 0 Å². The zero-order chi connectivity index (χ0) is 21.0. The molecule has 0 aliphatic carbocycles. The van der Waals surface area contributed by atoms with E-state index in [0.29, 0.717) is 24.6 Å². The third kappa shape index (κ3) is 4.50. The highest BCUT2D eigenvalue weighted by Crippen LogP contribution is 2.34. The van der Waals surface area contributed by atoms with Gasteiger partial charge in [0.15, 0.2) is 11.5 Å². The van der Waals surface area contributed by atoms with Crippen molar-refractivity contribution in [3.8, 4) is 11.5 Å². The van der Waals surface area contributed by atoms with Gasteiger partial charge in [-0.05, 0) is 44.4 Å². The molecule has 0 atom stereocenters. The van der Waals surface area contributed by atoms with E-state index < -0.39 is 11.7 Å². The molecule has 2 aromatic carbocycles. The van der Waals surface area contributed by atoms with Gasteiger partial charge in [-0.2, -0.15) is 0 Å². The number of rotatable bonds is 5. The van der Waals surface area contributed by atoms with E-state index in [2.05, 4.69) is 5.32 Å². The summed E-state index contributed by atoms with van der Waals surface area (Å²) in [7, 11) is 2.95. The van der Waals surface area contributed by atoms with Crippen LogP contribution in [0, 0.1) is 12.7 Å². The second-order valence-corrected chi connectivity index (χ2v) is 7.04. The summed E-state index contributed by atoms with van der Waals surface area (Å²) < 4.78 is 24.8. The van der Waals surface area contributed by atoms with Gasteiger partial charge < -0.3 is 19.7 Å². The number of methoxy groups -OCH3 is 2. The molecule has 1 heterocycles. The van der Waals surface area contributed by atoms with Gasteiger partial charge in [0.1, 0.15) is 5.82 Å². The summed E-state index contributed by atoms with van der Waals surface area (Å²) in [5.41, 5.74) is 1.21. The summed E-state index contributed by atoms with van der Waals surface area (Å²) in [4.78, 5) is 27.6. The second kappa shape index (κ2) is 8.94. The maximum absolute atomic E-state index is 14.2. The molecule has 0 aromatic heterocycles. The normalized spacial score (nSPS) is 13.7. The van der Waals surface area contributed by atoms with Gasteiger partial charge in [-0.3, -0.25) is 9.59 Å². The lowest BCUT2D eigenvalue weighted by Crippen LogP contribution is -2.36. The lowest BCUT2D eigenvalue weighted by Gasteiger charge is -2.28. The number of nitrogens with one attached hydrogen (secondary N) is 1. The fourth-order valence-corrected chi connectivity index (χ4v) is 3.43. The lowest BCUT2D eigenvalue weighted by atomic mass is 10.1. The Hall–Kier alpha value is -3.09. The molecule has 1 N–H and O–H groups in total. The van der Waals surface area contributed by atoms with Gasteiger partial charge in [-0.25, -0.2) is 4.39 Å². The summed E-state index contributed by atoms with van der Waals surface area (Å²) in [5.74, 6) is -0.718. The second-order valence-electron chi connectivity index (χ2n) is 7.04. The molecule has 154 valence electrons. The third-order valence-corrected chi connectivity index (χ3v) is 5.01. The molecule has 7 heteroatoms. The van der Waals surface area contributed by atoms with Crippen LogP contribution in [0.5, 0.6) is 11.5 Å². The van der Waals surface area contributed by atoms with E-state index in [1.54, 1.807) is 24.0 Å². The number of hydrogen-bond donors (Lipinski definition) is 1. The number of amides is 2. The Balaban J connectivity index is 2.00. The van der Waals surface area contributed by atoms with Crippen LogP contribution in [0.1, 0.15) is 45.5 Å². The number of hydrogen-bond acceptors (Lipinski definition) is 4. The van der Waals surface area contributed by atoms with Gasteiger partial charge in [-0.1, -0.05) is 11.6 Å². The van der Waals surface area contributed by atoms with Crippen molar-refractivity contribution in [2.24, 2.45) is 0 Å². The molecule has 1 aliphatic rings. The van der Waals surface area contributed by atoms with E-state index in [-0.39, 0.29) is 22.7 Å². The van der Waals surface area contributed by atoms with E-state index in [9.17, 15) is 14.0 Å². The zero-order valence-corrected chi connectivity index (χ0v) is 16.9. The van der Waals surface area contributed by atoms with Gasteiger partial charge in [0, 0.05) is 19.2 Å². The van der Waals surface area contributed by atoms with E-state index >= 15 is 0 Å². The average molecular weight is 400 g/mol. The fourth-order valence-electron chi connectivity index (χ4n) is 3.43. The van der Waals surface area contributed by atoms with Gasteiger partial charge in [0.2, 0.25) is 0 Å². The molecule has 29 heavy (non-hydrogen) atoms. The maximum Gasteiger partial charge on any atom is 0.258 e. The zero-order valence-electron chi connectivity index (χ0n) is 16.9. The number of likely N-dealkylation sites (tertiary alicyclic amines) is 1. The van der Waals surface area contributed by atoms with Crippen molar-refractivity contribution in [2.45, 2.75) is 26.2 Å². The van der Waals surface area contributed by atoms with Crippen LogP contribution in [0.3, 0.4) is 0 Å². The molecule has 6 nitrogen and oxygen atoms in total. The quantitative estimate of drug-likeness (QED) is 0.823. The molecule has 0 unspecified atom stereocenters. The van der Waals surface area contributed by atoms with Crippen LogP contribution in [0.15, 0.2) is 30.3 Å². The maximum atomic E-state index is 14.2. The first-order valence-corrected chi connectivity index (χ1v) is 9.57. The van der Waals surface area contributed by atoms with Crippen LogP contribution in [0.2, 0.25) is 0 Å². The molecular weight excluding hydrogens is 375 g/mol. The monoisotopic (exact) mass is 400 g/mol. The van der Waals surface area contributed by atoms with Crippen LogP contribution < -0.4 is 14.8 Å². The van der Waals surface area contributed by atoms with E-state index in [1.165, 1.54) is 32.4 Å². The Kier molecular flexibility index (Phi) is 6.36. The number of ether oxygens (including phenoxy) is 2. The minimum atomic E-state index is -0.633. The topological polar surface area (TPSA) is 67.9 Å². The number of aryl methyl sites for hydroxylation is 1. The van der Waals surface area contributed by atoms with Gasteiger partial charge in [0.25, 0.3) is 11.8 Å². The van der Waals surface area contributed by atoms with Crippen molar-refractivity contribution in [1.29, 1.82) is 0 Å². The Morgan fingerprint density at radius 1 is 0.966 bits per heavy atom. The van der Waals surface area contributed by atoms with Crippen molar-refractivity contribution in [1.82, 2.24) is 4.90 Å². The number of anilines is 1. The molecule has 1 fully saturated rings. The molecule has 1 aliphatic heterocycles. The van der Waals surface area contributed by atoms with E-state index in [4.69, 9.17) is 9.47 Å². The minimum absolute atomic E-state index is 0.0869. The van der Waals surface area contributed by atoms with E-state index in [0.717, 1.165) is 24.8 Å². The number of benzene rings is 2. The smallest absolute Gasteiger partial charge is 0.258 e. The Morgan fingerprint density at radius 2 is 1.62 bits per heavy atom. The van der Waals surface area contributed by atoms with Crippen LogP contribution in [0.4, 0.5) is 10.1 Å². The molecule has 0 spiro atoms. The van der Waals surface area contributed by atoms with Gasteiger partial charge in [-0.15, -0.1) is 0 Å². The van der Waals surface area contributed by atoms with E-state index in [1.807, 2.05) is 0 Å². The molecule has 3 rings (SSSR count). The predicted molar refractivity (Wildman–Crippen MR) is 108 cm³/mol. The number of nitrogens with zero attached hydrogens (tertiary/aromatic N) is 1. The Morgan fingerprint density at radius 3 is 2.28 bits per heavy atom. The summed E-state index contributed by atoms with van der Waals surface area (Å²) in [6.07, 6.45) is 2.97. The Bertz CT molecular complexity index is 923. The molecule has 0 bridgehead atoms. The highest BCUT2D eigenvalue weighted by Gasteiger charge is 2.25. The molecular formula is C22H25FN2O4. The predicted octanol–water partition coefficient (Wildman–Crippen LogP) is 4.03. The average Bonchev–Trinajstić information content (AvgIpc) is 2.75. The first-order valence-electron chi connectivity index (χ1n) is 9.57. The van der Waals surface area contributed by atoms with Crippen molar-refractivity contribution in [3.63, 3.8) is 0 Å². The summed E-state index contributed by atoms with van der Waals surface area (Å²) in [5, 5.41) is 2.68. The summed E-state index contributed by atoms with van der Waals surface area (Å²) >= 11 is 0. The lowest BCUT2D eigenvalue weighted by molar-refractivity contribution is 0.0725. The summed E-state index contributed by atoms with van der Waals surface area (Å²) in [6, 6.07) is 7.39. The van der Waals surface area contributed by atoms with Gasteiger partial charge in [0.05, 0.1) is 31.0 Å². The van der Waals surface area contributed by atoms with Crippen LogP contribution in [-0.2, 0) is 0 Å². The van der Waals surface area contributed by atoms with Crippen molar-refractivity contribution >= 4 is 17.5 Å². The van der Waals surface area contributed by atoms with Crippen LogP contribution >= 0.6 is 0 Å². The molecule has 2 aromatic rings. The highest BCUT2D eigenvalue weighted by atomic mass is 19.1. The number of piperidine rings is 1. The van der Waals surface area contributed by atoms with Crippen molar-refractivity contribution in [2.75, 3.05) is 32.6 Å². The molecule has 0 saturated carbocycles. The molecule has 1 saturated heterocycles. The SMILES string of the molecule is COc1cc(NC(=O)c2cc(C)ccc2F)c(C(=O)N2CCCCC2)cc1OC.